The predicted molar refractivity (Wildman–Crippen MR) is 142 cm³/mol. The van der Waals surface area contributed by atoms with Gasteiger partial charge < -0.3 is 14.5 Å². The molecule has 2 atom stereocenters. The highest BCUT2D eigenvalue weighted by Crippen LogP contribution is 2.35. The summed E-state index contributed by atoms with van der Waals surface area (Å²) in [4.78, 5) is 32.1. The molecule has 1 saturated carbocycles. The second kappa shape index (κ2) is 11.8. The van der Waals surface area contributed by atoms with Gasteiger partial charge in [0.1, 0.15) is 12.4 Å². The Labute approximate surface area is 218 Å². The van der Waals surface area contributed by atoms with Crippen molar-refractivity contribution in [3.63, 3.8) is 0 Å². The van der Waals surface area contributed by atoms with Gasteiger partial charge in [0.15, 0.2) is 0 Å². The van der Waals surface area contributed by atoms with Gasteiger partial charge >= 0.3 is 0 Å². The van der Waals surface area contributed by atoms with E-state index >= 15 is 0 Å². The number of amides is 2. The Morgan fingerprint density at radius 2 is 2.03 bits per heavy atom. The monoisotopic (exact) mass is 516 g/mol. The number of hydrogen-bond acceptors (Lipinski definition) is 4. The van der Waals surface area contributed by atoms with Gasteiger partial charge in [-0.05, 0) is 72.9 Å². The van der Waals surface area contributed by atoms with Crippen molar-refractivity contribution in [1.29, 1.82) is 0 Å². The van der Waals surface area contributed by atoms with Gasteiger partial charge in [0, 0.05) is 28.9 Å². The van der Waals surface area contributed by atoms with Crippen molar-refractivity contribution >= 4 is 34.8 Å². The Morgan fingerprint density at radius 3 is 2.74 bits per heavy atom. The van der Waals surface area contributed by atoms with E-state index in [4.69, 9.17) is 16.3 Å². The van der Waals surface area contributed by atoms with Crippen LogP contribution in [0.3, 0.4) is 0 Å². The number of thiophene rings is 1. The third kappa shape index (κ3) is 6.21. The summed E-state index contributed by atoms with van der Waals surface area (Å²) in [5.41, 5.74) is 2.12. The first-order chi connectivity index (χ1) is 16.9. The van der Waals surface area contributed by atoms with E-state index in [0.717, 1.165) is 55.4 Å². The first kappa shape index (κ1) is 26.0. The van der Waals surface area contributed by atoms with Crippen LogP contribution in [0.1, 0.15) is 68.0 Å². The van der Waals surface area contributed by atoms with E-state index in [9.17, 15) is 9.59 Å². The molecule has 0 bridgehead atoms. The lowest BCUT2D eigenvalue weighted by Gasteiger charge is -2.37. The van der Waals surface area contributed by atoms with Crippen molar-refractivity contribution < 1.29 is 14.3 Å². The van der Waals surface area contributed by atoms with Crippen LogP contribution in [0.15, 0.2) is 29.6 Å². The Hall–Kier alpha value is -2.05. The van der Waals surface area contributed by atoms with E-state index in [1.807, 2.05) is 34.9 Å². The summed E-state index contributed by atoms with van der Waals surface area (Å²) in [6, 6.07) is 7.59. The van der Waals surface area contributed by atoms with Crippen LogP contribution in [0.25, 0.3) is 0 Å². The molecule has 0 unspecified atom stereocenters. The fourth-order valence-electron chi connectivity index (χ4n) is 5.18. The van der Waals surface area contributed by atoms with Crippen LogP contribution in [0, 0.1) is 18.8 Å². The highest BCUT2D eigenvalue weighted by Gasteiger charge is 2.35. The number of rotatable bonds is 9. The Morgan fingerprint density at radius 1 is 1.26 bits per heavy atom. The number of hydrogen-bond donors (Lipinski definition) is 0. The van der Waals surface area contributed by atoms with Crippen LogP contribution >= 0.6 is 22.9 Å². The molecule has 190 valence electrons. The summed E-state index contributed by atoms with van der Waals surface area (Å²) in [6.45, 7) is 8.06. The quantitative estimate of drug-likeness (QED) is 0.394. The molecule has 2 aliphatic rings. The lowest BCUT2D eigenvalue weighted by Crippen LogP contribution is -2.49. The van der Waals surface area contributed by atoms with Gasteiger partial charge in [0.2, 0.25) is 11.8 Å². The van der Waals surface area contributed by atoms with E-state index in [-0.39, 0.29) is 30.3 Å². The van der Waals surface area contributed by atoms with Crippen molar-refractivity contribution in [2.24, 2.45) is 11.8 Å². The second-order valence-corrected chi connectivity index (χ2v) is 11.5. The minimum Gasteiger partial charge on any atom is -0.491 e. The van der Waals surface area contributed by atoms with Gasteiger partial charge in [0.05, 0.1) is 12.6 Å². The van der Waals surface area contributed by atoms with Crippen LogP contribution in [-0.2, 0) is 16.0 Å². The maximum Gasteiger partial charge on any atom is 0.242 e. The average Bonchev–Trinajstić information content (AvgIpc) is 3.56. The normalized spacial score (nSPS) is 18.9. The van der Waals surface area contributed by atoms with Crippen molar-refractivity contribution in [3.05, 3.63) is 50.7 Å². The molecular weight excluding hydrogens is 480 g/mol. The molecule has 1 fully saturated rings. The number of aryl methyl sites for hydroxylation is 1. The summed E-state index contributed by atoms with van der Waals surface area (Å²) in [7, 11) is 0. The minimum atomic E-state index is -0.166. The fraction of sp³-hybridized carbons (Fsp3) is 0.571. The average molecular weight is 517 g/mol. The Kier molecular flexibility index (Phi) is 8.77. The van der Waals surface area contributed by atoms with Gasteiger partial charge in [-0.3, -0.25) is 9.59 Å². The molecule has 0 N–H and O–H groups in total. The van der Waals surface area contributed by atoms with Crippen molar-refractivity contribution in [2.75, 3.05) is 26.2 Å². The summed E-state index contributed by atoms with van der Waals surface area (Å²) in [5.74, 6) is 1.36. The molecule has 5 nitrogen and oxygen atoms in total. The molecule has 4 rings (SSSR count). The van der Waals surface area contributed by atoms with Gasteiger partial charge in [-0.2, -0.15) is 0 Å². The number of benzene rings is 1. The zero-order chi connectivity index (χ0) is 24.9. The molecule has 7 heteroatoms. The van der Waals surface area contributed by atoms with Crippen LogP contribution in [0.4, 0.5) is 0 Å². The van der Waals surface area contributed by atoms with Crippen LogP contribution in [0.5, 0.6) is 5.75 Å². The first-order valence-corrected chi connectivity index (χ1v) is 14.2. The molecule has 35 heavy (non-hydrogen) atoms. The molecule has 2 aromatic rings. The lowest BCUT2D eigenvalue weighted by molar-refractivity contribution is -0.145. The fourth-order valence-corrected chi connectivity index (χ4v) is 6.23. The number of nitrogens with zero attached hydrogens (tertiary/aromatic N) is 2. The molecule has 1 aromatic carbocycles. The highest BCUT2D eigenvalue weighted by molar-refractivity contribution is 7.10. The van der Waals surface area contributed by atoms with Gasteiger partial charge in [-0.15, -0.1) is 11.3 Å². The molecule has 1 aliphatic heterocycles. The highest BCUT2D eigenvalue weighted by atomic mass is 35.5. The largest absolute Gasteiger partial charge is 0.491 e. The summed E-state index contributed by atoms with van der Waals surface area (Å²) >= 11 is 7.92. The van der Waals surface area contributed by atoms with Crippen LogP contribution in [0.2, 0.25) is 5.02 Å². The van der Waals surface area contributed by atoms with E-state index in [1.165, 1.54) is 4.88 Å². The molecule has 1 aromatic heterocycles. The Bertz CT molecular complexity index is 1030. The topological polar surface area (TPSA) is 49.9 Å². The molecule has 0 saturated heterocycles. The third-order valence-electron chi connectivity index (χ3n) is 7.52. The molecule has 0 radical (unpaired) electrons. The number of carbonyl (C=O) groups is 2. The minimum absolute atomic E-state index is 0.0115. The van der Waals surface area contributed by atoms with E-state index in [1.54, 1.807) is 11.3 Å². The van der Waals surface area contributed by atoms with E-state index < -0.39 is 0 Å². The number of halogens is 1. The lowest BCUT2D eigenvalue weighted by atomic mass is 10.00. The van der Waals surface area contributed by atoms with Crippen molar-refractivity contribution in [1.82, 2.24) is 9.80 Å². The number of fused-ring (bicyclic) bond motifs is 1. The molecular formula is C28H37ClN2O3S. The molecule has 0 spiro atoms. The van der Waals surface area contributed by atoms with E-state index in [2.05, 4.69) is 25.3 Å². The van der Waals surface area contributed by atoms with Crippen molar-refractivity contribution in [2.45, 2.75) is 65.3 Å². The molecule has 2 heterocycles. The smallest absolute Gasteiger partial charge is 0.242 e. The van der Waals surface area contributed by atoms with Gasteiger partial charge in [-0.1, -0.05) is 44.7 Å². The van der Waals surface area contributed by atoms with Crippen molar-refractivity contribution in [3.8, 4) is 5.75 Å². The van der Waals surface area contributed by atoms with Gasteiger partial charge in [0.25, 0.3) is 0 Å². The summed E-state index contributed by atoms with van der Waals surface area (Å²) in [6.07, 6.45) is 5.95. The standard InChI is InChI=1S/C28H37ClN2O3S/c1-4-19(2)16-30(28(33)21-7-5-6-8-21)17-27(32)31-13-11-26-23(12-14-35-26)25(31)18-34-22-9-10-24(29)20(3)15-22/h9-10,12,14-15,19,21,25H,4-8,11,13,16-18H2,1-3H3/t19-,25-/m0/s1. The molecule has 1 aliphatic carbocycles. The SMILES string of the molecule is CC[C@H](C)CN(CC(=O)N1CCc2sccc2[C@@H]1COc1ccc(Cl)c(C)c1)C(=O)C1CCCC1. The molecule has 2 amide bonds. The summed E-state index contributed by atoms with van der Waals surface area (Å²) in [5, 5.41) is 2.80. The zero-order valence-corrected chi connectivity index (χ0v) is 22.7. The maximum atomic E-state index is 13.7. The first-order valence-electron chi connectivity index (χ1n) is 12.9. The summed E-state index contributed by atoms with van der Waals surface area (Å²) < 4.78 is 6.18. The number of carbonyl (C=O) groups excluding carboxylic acids is 2. The van der Waals surface area contributed by atoms with E-state index in [0.29, 0.717) is 30.6 Å². The predicted octanol–water partition coefficient (Wildman–Crippen LogP) is 6.28. The zero-order valence-electron chi connectivity index (χ0n) is 21.1. The van der Waals surface area contributed by atoms with Crippen LogP contribution in [-0.4, -0.2) is 47.9 Å². The van der Waals surface area contributed by atoms with Gasteiger partial charge in [-0.25, -0.2) is 0 Å². The second-order valence-electron chi connectivity index (χ2n) is 10.1. The Balaban J connectivity index is 1.51. The third-order valence-corrected chi connectivity index (χ3v) is 8.94. The maximum absolute atomic E-state index is 13.7. The van der Waals surface area contributed by atoms with Crippen LogP contribution < -0.4 is 4.74 Å². The number of ether oxygens (including phenoxy) is 1.